The van der Waals surface area contributed by atoms with E-state index in [1.165, 1.54) is 9.48 Å². The number of carbonyl (C=O) groups excluding carboxylic acids is 1. The molecule has 0 bridgehead atoms. The van der Waals surface area contributed by atoms with Crippen LogP contribution in [0.5, 0.6) is 0 Å². The smallest absolute Gasteiger partial charge is 0.290 e. The zero-order valence-electron chi connectivity index (χ0n) is 11.7. The van der Waals surface area contributed by atoms with Crippen LogP contribution in [0.25, 0.3) is 0 Å². The Hall–Kier alpha value is -2.52. The maximum atomic E-state index is 12.2. The van der Waals surface area contributed by atoms with Gasteiger partial charge in [-0.1, -0.05) is 11.5 Å². The third-order valence-corrected chi connectivity index (χ3v) is 3.33. The van der Waals surface area contributed by atoms with Crippen molar-refractivity contribution in [3.63, 3.8) is 0 Å². The maximum Gasteiger partial charge on any atom is 0.346 e. The highest BCUT2D eigenvalue weighted by atomic mass is 16.2. The van der Waals surface area contributed by atoms with Crippen molar-refractivity contribution in [2.75, 3.05) is 5.32 Å². The Morgan fingerprint density at radius 3 is 2.90 bits per heavy atom. The van der Waals surface area contributed by atoms with Crippen molar-refractivity contribution >= 4 is 11.9 Å². The van der Waals surface area contributed by atoms with Gasteiger partial charge in [-0.3, -0.25) is 14.7 Å². The van der Waals surface area contributed by atoms with Gasteiger partial charge in [0.25, 0.3) is 5.95 Å². The molecule has 0 aromatic carbocycles. The van der Waals surface area contributed by atoms with Gasteiger partial charge in [0.15, 0.2) is 0 Å². The Bertz CT molecular complexity index is 712. The van der Waals surface area contributed by atoms with Gasteiger partial charge in [0.1, 0.15) is 12.4 Å². The van der Waals surface area contributed by atoms with E-state index in [4.69, 9.17) is 0 Å². The van der Waals surface area contributed by atoms with Crippen LogP contribution in [0, 0.1) is 0 Å². The fourth-order valence-corrected chi connectivity index (χ4v) is 2.36. The summed E-state index contributed by atoms with van der Waals surface area (Å²) in [5, 5.41) is 17.8. The second kappa shape index (κ2) is 5.46. The number of aromatic nitrogens is 7. The summed E-state index contributed by atoms with van der Waals surface area (Å²) in [6, 6.07) is 0. The van der Waals surface area contributed by atoms with Crippen LogP contribution in [0.4, 0.5) is 5.95 Å². The standard InChI is InChI=1S/C11H16N8O2/c1-17-15-10(13-16-17)12-9(20)7-19-11(21)18-6-4-2-3-5-8(18)14-19/h2-7H2,1H3,(H,12,15,20). The van der Waals surface area contributed by atoms with E-state index in [0.29, 0.717) is 6.54 Å². The minimum absolute atomic E-state index is 0.108. The number of nitrogens with zero attached hydrogens (tertiary/aromatic N) is 7. The summed E-state index contributed by atoms with van der Waals surface area (Å²) in [6.07, 6.45) is 3.86. The molecule has 1 aliphatic heterocycles. The number of hydrogen-bond donors (Lipinski definition) is 1. The molecule has 112 valence electrons. The number of aryl methyl sites for hydroxylation is 2. The fourth-order valence-electron chi connectivity index (χ4n) is 2.36. The Morgan fingerprint density at radius 1 is 1.29 bits per heavy atom. The SMILES string of the molecule is Cn1nnc(NC(=O)Cn2nc3n(c2=O)CCCCC3)n1. The average molecular weight is 292 g/mol. The number of amides is 1. The van der Waals surface area contributed by atoms with Crippen molar-refractivity contribution in [2.45, 2.75) is 38.8 Å². The molecule has 0 aliphatic carbocycles. The molecular weight excluding hydrogens is 276 g/mol. The van der Waals surface area contributed by atoms with Gasteiger partial charge in [-0.15, -0.1) is 5.10 Å². The van der Waals surface area contributed by atoms with Crippen molar-refractivity contribution in [1.82, 2.24) is 34.6 Å². The highest BCUT2D eigenvalue weighted by Crippen LogP contribution is 2.10. The van der Waals surface area contributed by atoms with Gasteiger partial charge in [0.05, 0.1) is 7.05 Å². The topological polar surface area (TPSA) is 113 Å². The lowest BCUT2D eigenvalue weighted by Crippen LogP contribution is -2.30. The van der Waals surface area contributed by atoms with Gasteiger partial charge < -0.3 is 0 Å². The second-order valence-electron chi connectivity index (χ2n) is 4.97. The van der Waals surface area contributed by atoms with Gasteiger partial charge in [0.2, 0.25) is 5.91 Å². The summed E-state index contributed by atoms with van der Waals surface area (Å²) in [6.45, 7) is 0.512. The van der Waals surface area contributed by atoms with E-state index in [1.54, 1.807) is 11.6 Å². The summed E-state index contributed by atoms with van der Waals surface area (Å²) >= 11 is 0. The molecule has 1 amide bonds. The minimum atomic E-state index is -0.404. The van der Waals surface area contributed by atoms with Crippen LogP contribution in [0.1, 0.15) is 25.1 Å². The van der Waals surface area contributed by atoms with Crippen LogP contribution >= 0.6 is 0 Å². The zero-order valence-corrected chi connectivity index (χ0v) is 11.7. The Labute approximate surface area is 119 Å². The monoisotopic (exact) mass is 292 g/mol. The van der Waals surface area contributed by atoms with Crippen molar-refractivity contribution in [3.05, 3.63) is 16.3 Å². The molecule has 0 radical (unpaired) electrons. The quantitative estimate of drug-likeness (QED) is 0.771. The average Bonchev–Trinajstić information content (AvgIpc) is 2.86. The molecule has 21 heavy (non-hydrogen) atoms. The van der Waals surface area contributed by atoms with Crippen molar-refractivity contribution in [2.24, 2.45) is 7.05 Å². The number of nitrogens with one attached hydrogen (secondary N) is 1. The van der Waals surface area contributed by atoms with Gasteiger partial charge >= 0.3 is 5.69 Å². The minimum Gasteiger partial charge on any atom is -0.290 e. The molecule has 0 saturated heterocycles. The molecule has 1 aliphatic rings. The van der Waals surface area contributed by atoms with E-state index < -0.39 is 5.91 Å². The van der Waals surface area contributed by atoms with Gasteiger partial charge in [0, 0.05) is 13.0 Å². The molecule has 2 aromatic rings. The van der Waals surface area contributed by atoms with Crippen LogP contribution in [-0.4, -0.2) is 40.5 Å². The number of fused-ring (bicyclic) bond motifs is 1. The van der Waals surface area contributed by atoms with Crippen molar-refractivity contribution in [3.8, 4) is 0 Å². The summed E-state index contributed by atoms with van der Waals surface area (Å²) < 4.78 is 2.84. The summed E-state index contributed by atoms with van der Waals surface area (Å²) in [7, 11) is 1.60. The lowest BCUT2D eigenvalue weighted by atomic mass is 10.2. The van der Waals surface area contributed by atoms with Crippen molar-refractivity contribution in [1.29, 1.82) is 0 Å². The number of tetrazole rings is 1. The van der Waals surface area contributed by atoms with E-state index in [1.807, 2.05) is 0 Å². The van der Waals surface area contributed by atoms with E-state index >= 15 is 0 Å². The maximum absolute atomic E-state index is 12.2. The summed E-state index contributed by atoms with van der Waals surface area (Å²) in [5.74, 6) is 0.456. The first-order valence-electron chi connectivity index (χ1n) is 6.84. The van der Waals surface area contributed by atoms with Crippen LogP contribution in [-0.2, 0) is 31.4 Å². The van der Waals surface area contributed by atoms with E-state index in [2.05, 4.69) is 25.8 Å². The molecule has 0 unspecified atom stereocenters. The molecule has 2 aromatic heterocycles. The first kappa shape index (κ1) is 13.5. The first-order valence-corrected chi connectivity index (χ1v) is 6.84. The molecule has 0 saturated carbocycles. The lowest BCUT2D eigenvalue weighted by Gasteiger charge is -2.00. The van der Waals surface area contributed by atoms with E-state index in [9.17, 15) is 9.59 Å². The van der Waals surface area contributed by atoms with E-state index in [0.717, 1.165) is 31.5 Å². The third-order valence-electron chi connectivity index (χ3n) is 3.33. The zero-order chi connectivity index (χ0) is 14.8. The van der Waals surface area contributed by atoms with E-state index in [-0.39, 0.29) is 18.2 Å². The Balaban J connectivity index is 1.73. The summed E-state index contributed by atoms with van der Waals surface area (Å²) in [5.41, 5.74) is -0.242. The van der Waals surface area contributed by atoms with Gasteiger partial charge in [-0.2, -0.15) is 9.90 Å². The first-order chi connectivity index (χ1) is 10.1. The Morgan fingerprint density at radius 2 is 2.14 bits per heavy atom. The molecule has 10 heteroatoms. The number of anilines is 1. The predicted molar refractivity (Wildman–Crippen MR) is 71.5 cm³/mol. The predicted octanol–water partition coefficient (Wildman–Crippen LogP) is -1.07. The fraction of sp³-hybridized carbons (Fsp3) is 0.636. The molecule has 1 N–H and O–H groups in total. The van der Waals surface area contributed by atoms with Gasteiger partial charge in [-0.05, 0) is 18.1 Å². The third kappa shape index (κ3) is 2.83. The molecular formula is C11H16N8O2. The van der Waals surface area contributed by atoms with Gasteiger partial charge in [-0.25, -0.2) is 9.48 Å². The van der Waals surface area contributed by atoms with Crippen molar-refractivity contribution < 1.29 is 4.79 Å². The molecule has 0 spiro atoms. The molecule has 10 nitrogen and oxygen atoms in total. The largest absolute Gasteiger partial charge is 0.346 e. The number of carbonyl (C=O) groups is 1. The second-order valence-corrected chi connectivity index (χ2v) is 4.97. The number of rotatable bonds is 3. The Kier molecular flexibility index (Phi) is 3.50. The normalized spacial score (nSPS) is 14.5. The molecule has 0 fully saturated rings. The van der Waals surface area contributed by atoms with Crippen LogP contribution in [0.2, 0.25) is 0 Å². The molecule has 3 heterocycles. The van der Waals surface area contributed by atoms with Crippen LogP contribution in [0.15, 0.2) is 4.79 Å². The summed E-state index contributed by atoms with van der Waals surface area (Å²) in [4.78, 5) is 25.3. The van der Waals surface area contributed by atoms with Crippen LogP contribution < -0.4 is 11.0 Å². The lowest BCUT2D eigenvalue weighted by molar-refractivity contribution is -0.117. The molecule has 3 rings (SSSR count). The number of hydrogen-bond acceptors (Lipinski definition) is 6. The highest BCUT2D eigenvalue weighted by Gasteiger charge is 2.17. The highest BCUT2D eigenvalue weighted by molar-refractivity contribution is 5.88. The molecule has 0 atom stereocenters. The van der Waals surface area contributed by atoms with Crippen LogP contribution in [0.3, 0.4) is 0 Å².